The number of halogens is 1. The molecule has 0 saturated heterocycles. The van der Waals surface area contributed by atoms with E-state index in [-0.39, 0.29) is 16.5 Å². The van der Waals surface area contributed by atoms with Crippen LogP contribution in [0.25, 0.3) is 0 Å². The van der Waals surface area contributed by atoms with Crippen molar-refractivity contribution in [1.82, 2.24) is 0 Å². The number of hydrogen-bond donors (Lipinski definition) is 0. The molecule has 2 rings (SSSR count). The molecule has 0 saturated carbocycles. The number of aromatic nitrogens is 1. The summed E-state index contributed by atoms with van der Waals surface area (Å²) in [4.78, 5) is 12.1. The van der Waals surface area contributed by atoms with Crippen LogP contribution in [0.3, 0.4) is 0 Å². The van der Waals surface area contributed by atoms with Crippen molar-refractivity contribution in [3.05, 3.63) is 64.1 Å². The summed E-state index contributed by atoms with van der Waals surface area (Å²) in [6.07, 6.45) is 1.15. The van der Waals surface area contributed by atoms with E-state index >= 15 is 0 Å². The lowest BCUT2D eigenvalue weighted by Crippen LogP contribution is -2.34. The SMILES string of the molecule is COc1ccc(C(=O)c2ccc(Cl)c[n+]2[O-])cc1. The highest BCUT2D eigenvalue weighted by molar-refractivity contribution is 6.30. The van der Waals surface area contributed by atoms with E-state index in [1.165, 1.54) is 12.1 Å². The standard InChI is InChI=1S/C13H10ClNO3/c1-18-11-5-2-9(3-6-11)13(16)12-7-4-10(14)8-15(12)17/h2-8H,1H3. The predicted molar refractivity (Wildman–Crippen MR) is 66.8 cm³/mol. The topological polar surface area (TPSA) is 53.2 Å². The summed E-state index contributed by atoms with van der Waals surface area (Å²) < 4.78 is 5.47. The van der Waals surface area contributed by atoms with Crippen molar-refractivity contribution < 1.29 is 14.3 Å². The molecule has 0 fully saturated rings. The molecule has 0 atom stereocenters. The first-order chi connectivity index (χ1) is 8.61. The molecule has 0 spiro atoms. The number of pyridine rings is 1. The lowest BCUT2D eigenvalue weighted by molar-refractivity contribution is -0.607. The van der Waals surface area contributed by atoms with Gasteiger partial charge in [-0.15, -0.1) is 0 Å². The largest absolute Gasteiger partial charge is 0.618 e. The van der Waals surface area contributed by atoms with Gasteiger partial charge in [0.15, 0.2) is 6.20 Å². The fourth-order valence-electron chi connectivity index (χ4n) is 1.52. The number of rotatable bonds is 3. The van der Waals surface area contributed by atoms with E-state index in [1.54, 1.807) is 31.4 Å². The maximum absolute atomic E-state index is 12.1. The summed E-state index contributed by atoms with van der Waals surface area (Å²) in [5.41, 5.74) is 0.451. The maximum atomic E-state index is 12.1. The zero-order chi connectivity index (χ0) is 13.1. The molecule has 0 aliphatic rings. The summed E-state index contributed by atoms with van der Waals surface area (Å²) in [5.74, 6) is 0.293. The van der Waals surface area contributed by atoms with Crippen molar-refractivity contribution in [2.24, 2.45) is 0 Å². The Hall–Kier alpha value is -2.07. The predicted octanol–water partition coefficient (Wildman–Crippen LogP) is 2.21. The lowest BCUT2D eigenvalue weighted by atomic mass is 10.1. The minimum atomic E-state index is -0.357. The normalized spacial score (nSPS) is 10.1. The van der Waals surface area contributed by atoms with E-state index in [4.69, 9.17) is 16.3 Å². The van der Waals surface area contributed by atoms with Gasteiger partial charge in [0, 0.05) is 11.6 Å². The summed E-state index contributed by atoms with van der Waals surface area (Å²) in [5, 5.41) is 11.9. The number of methoxy groups -OCH3 is 1. The van der Waals surface area contributed by atoms with Crippen molar-refractivity contribution in [3.63, 3.8) is 0 Å². The van der Waals surface area contributed by atoms with Crippen LogP contribution in [0.5, 0.6) is 5.75 Å². The van der Waals surface area contributed by atoms with Gasteiger partial charge in [0.1, 0.15) is 10.8 Å². The van der Waals surface area contributed by atoms with Gasteiger partial charge in [-0.1, -0.05) is 11.6 Å². The van der Waals surface area contributed by atoms with Gasteiger partial charge >= 0.3 is 0 Å². The molecule has 1 heterocycles. The molecule has 1 aromatic heterocycles. The minimum Gasteiger partial charge on any atom is -0.618 e. The highest BCUT2D eigenvalue weighted by Crippen LogP contribution is 2.14. The summed E-state index contributed by atoms with van der Waals surface area (Å²) in [6, 6.07) is 9.46. The van der Waals surface area contributed by atoms with Crippen LogP contribution in [-0.4, -0.2) is 12.9 Å². The van der Waals surface area contributed by atoms with Gasteiger partial charge in [-0.25, -0.2) is 0 Å². The Morgan fingerprint density at radius 1 is 1.22 bits per heavy atom. The molecular formula is C13H10ClNO3. The van der Waals surface area contributed by atoms with Gasteiger partial charge in [-0.3, -0.25) is 4.79 Å². The molecule has 0 radical (unpaired) electrons. The molecular weight excluding hydrogens is 254 g/mol. The second kappa shape index (κ2) is 5.06. The Balaban J connectivity index is 2.35. The first-order valence-corrected chi connectivity index (χ1v) is 5.57. The minimum absolute atomic E-state index is 0.0320. The maximum Gasteiger partial charge on any atom is 0.264 e. The van der Waals surface area contributed by atoms with Gasteiger partial charge in [0.05, 0.1) is 7.11 Å². The fraction of sp³-hybridized carbons (Fsp3) is 0.0769. The van der Waals surface area contributed by atoms with Crippen molar-refractivity contribution >= 4 is 17.4 Å². The molecule has 4 nitrogen and oxygen atoms in total. The van der Waals surface area contributed by atoms with E-state index in [1.807, 2.05) is 0 Å². The number of ketones is 1. The monoisotopic (exact) mass is 263 g/mol. The zero-order valence-electron chi connectivity index (χ0n) is 9.59. The molecule has 5 heteroatoms. The molecule has 0 unspecified atom stereocenters. The van der Waals surface area contributed by atoms with E-state index in [9.17, 15) is 10.0 Å². The molecule has 0 aliphatic carbocycles. The van der Waals surface area contributed by atoms with Gasteiger partial charge in [0.2, 0.25) is 0 Å². The van der Waals surface area contributed by atoms with Crippen molar-refractivity contribution in [3.8, 4) is 5.75 Å². The van der Waals surface area contributed by atoms with Gasteiger partial charge in [-0.05, 0) is 30.3 Å². The van der Waals surface area contributed by atoms with Crippen LogP contribution in [0.2, 0.25) is 5.02 Å². The molecule has 0 N–H and O–H groups in total. The Labute approximate surface area is 109 Å². The lowest BCUT2D eigenvalue weighted by Gasteiger charge is -2.04. The van der Waals surface area contributed by atoms with Crippen LogP contribution in [0.4, 0.5) is 0 Å². The third kappa shape index (κ3) is 2.43. The number of carbonyl (C=O) groups is 1. The zero-order valence-corrected chi connectivity index (χ0v) is 10.3. The Kier molecular flexibility index (Phi) is 3.48. The van der Waals surface area contributed by atoms with Crippen molar-refractivity contribution in [2.45, 2.75) is 0 Å². The summed E-state index contributed by atoms with van der Waals surface area (Å²) in [7, 11) is 1.54. The van der Waals surface area contributed by atoms with Gasteiger partial charge in [0.25, 0.3) is 11.5 Å². The molecule has 0 aliphatic heterocycles. The average Bonchev–Trinajstić information content (AvgIpc) is 2.38. The average molecular weight is 264 g/mol. The highest BCUT2D eigenvalue weighted by atomic mass is 35.5. The van der Waals surface area contributed by atoms with Gasteiger partial charge in [-0.2, -0.15) is 4.73 Å². The van der Waals surface area contributed by atoms with Crippen LogP contribution in [0.1, 0.15) is 16.1 Å². The van der Waals surface area contributed by atoms with Crippen LogP contribution in [0.15, 0.2) is 42.6 Å². The molecule has 0 amide bonds. The Morgan fingerprint density at radius 2 is 1.89 bits per heavy atom. The number of benzene rings is 1. The van der Waals surface area contributed by atoms with Crippen LogP contribution < -0.4 is 9.47 Å². The first kappa shape index (κ1) is 12.4. The summed E-state index contributed by atoms with van der Waals surface area (Å²) in [6.45, 7) is 0. The third-order valence-corrected chi connectivity index (χ3v) is 2.69. The molecule has 92 valence electrons. The quantitative estimate of drug-likeness (QED) is 0.485. The Morgan fingerprint density at radius 3 is 2.44 bits per heavy atom. The van der Waals surface area contributed by atoms with Crippen LogP contribution in [-0.2, 0) is 0 Å². The number of ether oxygens (including phenoxy) is 1. The molecule has 0 bridgehead atoms. The number of carbonyl (C=O) groups excluding carboxylic acids is 1. The second-order valence-corrected chi connectivity index (χ2v) is 4.05. The van der Waals surface area contributed by atoms with Crippen LogP contribution >= 0.6 is 11.6 Å². The molecule has 1 aromatic carbocycles. The number of hydrogen-bond acceptors (Lipinski definition) is 3. The van der Waals surface area contributed by atoms with Crippen molar-refractivity contribution in [2.75, 3.05) is 7.11 Å². The second-order valence-electron chi connectivity index (χ2n) is 3.62. The number of nitrogens with zero attached hydrogens (tertiary/aromatic N) is 1. The smallest absolute Gasteiger partial charge is 0.264 e. The van der Waals surface area contributed by atoms with Gasteiger partial charge < -0.3 is 9.94 Å². The fourth-order valence-corrected chi connectivity index (χ4v) is 1.67. The van der Waals surface area contributed by atoms with E-state index < -0.39 is 0 Å². The van der Waals surface area contributed by atoms with E-state index in [0.29, 0.717) is 16.0 Å². The highest BCUT2D eigenvalue weighted by Gasteiger charge is 2.18. The van der Waals surface area contributed by atoms with Crippen LogP contribution in [0, 0.1) is 5.21 Å². The van der Waals surface area contributed by atoms with E-state index in [0.717, 1.165) is 6.20 Å². The van der Waals surface area contributed by atoms with E-state index in [2.05, 4.69) is 0 Å². The summed E-state index contributed by atoms with van der Waals surface area (Å²) >= 11 is 5.66. The third-order valence-electron chi connectivity index (χ3n) is 2.46. The molecule has 2 aromatic rings. The molecule has 18 heavy (non-hydrogen) atoms. The first-order valence-electron chi connectivity index (χ1n) is 5.19. The van der Waals surface area contributed by atoms with Crippen molar-refractivity contribution in [1.29, 1.82) is 0 Å². The Bertz CT molecular complexity index is 581.